The monoisotopic (exact) mass is 410 g/mol. The predicted molar refractivity (Wildman–Crippen MR) is 115 cm³/mol. The van der Waals surface area contributed by atoms with Gasteiger partial charge in [-0.3, -0.25) is 4.79 Å². The van der Waals surface area contributed by atoms with Crippen LogP contribution in [0.2, 0.25) is 0 Å². The minimum absolute atomic E-state index is 0.0856. The fraction of sp³-hybridized carbons (Fsp3) is 0.318. The quantitative estimate of drug-likeness (QED) is 0.409. The van der Waals surface area contributed by atoms with Crippen molar-refractivity contribution in [2.75, 3.05) is 20.3 Å². The summed E-state index contributed by atoms with van der Waals surface area (Å²) >= 11 is 1.66. The van der Waals surface area contributed by atoms with Crippen LogP contribution in [0.3, 0.4) is 0 Å². The maximum atomic E-state index is 12.1. The summed E-state index contributed by atoms with van der Waals surface area (Å²) in [5.41, 5.74) is 3.01. The zero-order valence-corrected chi connectivity index (χ0v) is 17.6. The van der Waals surface area contributed by atoms with Gasteiger partial charge in [0.25, 0.3) is 5.91 Å². The molecule has 2 aromatic carbocycles. The lowest BCUT2D eigenvalue weighted by Gasteiger charge is -2.08. The molecule has 0 fully saturated rings. The van der Waals surface area contributed by atoms with Gasteiger partial charge in [-0.1, -0.05) is 54.2 Å². The van der Waals surface area contributed by atoms with Crippen molar-refractivity contribution in [3.63, 3.8) is 0 Å². The first kappa shape index (κ1) is 21.1. The Kier molecular flexibility index (Phi) is 7.84. The van der Waals surface area contributed by atoms with Crippen LogP contribution in [0.15, 0.2) is 59.8 Å². The van der Waals surface area contributed by atoms with E-state index in [1.807, 2.05) is 42.5 Å². The van der Waals surface area contributed by atoms with Crippen LogP contribution in [0, 0.1) is 0 Å². The normalized spacial score (nSPS) is 10.8. The fourth-order valence-corrected chi connectivity index (χ4v) is 3.90. The highest BCUT2D eigenvalue weighted by molar-refractivity contribution is 7.98. The van der Waals surface area contributed by atoms with Crippen LogP contribution < -0.4 is 5.32 Å². The van der Waals surface area contributed by atoms with Crippen LogP contribution >= 0.6 is 11.8 Å². The highest BCUT2D eigenvalue weighted by atomic mass is 32.2. The molecule has 7 heteroatoms. The zero-order valence-electron chi connectivity index (χ0n) is 16.8. The standard InChI is InChI=1S/C22H26N4O2S/c1-3-26-20(15-17-7-5-4-6-8-17)24-25-22(26)29-16-18-9-11-19(12-10-18)21(27)23-13-14-28-2/h4-12H,3,13-16H2,1-2H3,(H,23,27). The molecule has 3 rings (SSSR count). The van der Waals surface area contributed by atoms with Crippen LogP contribution in [-0.2, 0) is 23.5 Å². The third-order valence-electron chi connectivity index (χ3n) is 4.49. The van der Waals surface area contributed by atoms with Gasteiger partial charge in [-0.25, -0.2) is 0 Å². The molecule has 0 spiro atoms. The number of ether oxygens (including phenoxy) is 1. The molecule has 1 N–H and O–H groups in total. The van der Waals surface area contributed by atoms with Crippen molar-refractivity contribution < 1.29 is 9.53 Å². The molecule has 6 nitrogen and oxygen atoms in total. The van der Waals surface area contributed by atoms with Gasteiger partial charge in [-0.05, 0) is 30.2 Å². The third-order valence-corrected chi connectivity index (χ3v) is 5.53. The minimum Gasteiger partial charge on any atom is -0.383 e. The lowest BCUT2D eigenvalue weighted by molar-refractivity contribution is 0.0937. The second-order valence-corrected chi connectivity index (χ2v) is 7.48. The van der Waals surface area contributed by atoms with Gasteiger partial charge < -0.3 is 14.6 Å². The maximum absolute atomic E-state index is 12.1. The third kappa shape index (κ3) is 5.92. The predicted octanol–water partition coefficient (Wildman–Crippen LogP) is 3.56. The number of nitrogens with zero attached hydrogens (tertiary/aromatic N) is 3. The molecule has 0 saturated carbocycles. The van der Waals surface area contributed by atoms with E-state index in [2.05, 4.69) is 39.1 Å². The lowest BCUT2D eigenvalue weighted by Crippen LogP contribution is -2.26. The Morgan fingerprint density at radius 1 is 1.07 bits per heavy atom. The molecule has 0 aliphatic carbocycles. The van der Waals surface area contributed by atoms with Crippen molar-refractivity contribution in [3.8, 4) is 0 Å². The van der Waals surface area contributed by atoms with Gasteiger partial charge in [0.1, 0.15) is 5.82 Å². The van der Waals surface area contributed by atoms with Crippen molar-refractivity contribution in [3.05, 3.63) is 77.1 Å². The molecule has 0 atom stereocenters. The summed E-state index contributed by atoms with van der Waals surface area (Å²) in [4.78, 5) is 12.1. The van der Waals surface area contributed by atoms with Gasteiger partial charge in [0.15, 0.2) is 5.16 Å². The van der Waals surface area contributed by atoms with E-state index in [1.54, 1.807) is 18.9 Å². The van der Waals surface area contributed by atoms with Gasteiger partial charge in [-0.2, -0.15) is 0 Å². The molecule has 29 heavy (non-hydrogen) atoms. The number of hydrogen-bond acceptors (Lipinski definition) is 5. The highest BCUT2D eigenvalue weighted by Crippen LogP contribution is 2.23. The molecule has 152 valence electrons. The van der Waals surface area contributed by atoms with Crippen LogP contribution in [0.1, 0.15) is 34.2 Å². The van der Waals surface area contributed by atoms with E-state index in [1.165, 1.54) is 5.56 Å². The Labute approximate surface area is 175 Å². The van der Waals surface area contributed by atoms with E-state index in [4.69, 9.17) is 4.74 Å². The zero-order chi connectivity index (χ0) is 20.5. The van der Waals surface area contributed by atoms with Crippen molar-refractivity contribution in [1.29, 1.82) is 0 Å². The molecule has 0 aliphatic rings. The largest absolute Gasteiger partial charge is 0.383 e. The molecule has 0 saturated heterocycles. The Morgan fingerprint density at radius 3 is 2.52 bits per heavy atom. The second-order valence-electron chi connectivity index (χ2n) is 6.54. The molecule has 3 aromatic rings. The molecule has 0 unspecified atom stereocenters. The van der Waals surface area contributed by atoms with Gasteiger partial charge >= 0.3 is 0 Å². The minimum atomic E-state index is -0.0856. The van der Waals surface area contributed by atoms with Crippen molar-refractivity contribution in [2.45, 2.75) is 30.8 Å². The van der Waals surface area contributed by atoms with Crippen molar-refractivity contribution in [2.24, 2.45) is 0 Å². The van der Waals surface area contributed by atoms with Gasteiger partial charge in [0.05, 0.1) is 6.61 Å². The fourth-order valence-electron chi connectivity index (χ4n) is 2.92. The van der Waals surface area contributed by atoms with Crippen LogP contribution in [-0.4, -0.2) is 40.9 Å². The van der Waals surface area contributed by atoms with E-state index in [0.29, 0.717) is 18.7 Å². The number of benzene rings is 2. The first-order chi connectivity index (χ1) is 14.2. The number of rotatable bonds is 10. The Bertz CT molecular complexity index is 910. The topological polar surface area (TPSA) is 69.0 Å². The van der Waals surface area contributed by atoms with Gasteiger partial charge in [0, 0.05) is 37.9 Å². The van der Waals surface area contributed by atoms with E-state index in [0.717, 1.165) is 35.3 Å². The Balaban J connectivity index is 1.59. The number of carbonyl (C=O) groups is 1. The molecular formula is C22H26N4O2S. The second kappa shape index (κ2) is 10.8. The Hall–Kier alpha value is -2.64. The lowest BCUT2D eigenvalue weighted by atomic mass is 10.1. The van der Waals surface area contributed by atoms with E-state index in [-0.39, 0.29) is 5.91 Å². The number of carbonyl (C=O) groups excluding carboxylic acids is 1. The first-order valence-electron chi connectivity index (χ1n) is 9.66. The van der Waals surface area contributed by atoms with Crippen molar-refractivity contribution in [1.82, 2.24) is 20.1 Å². The van der Waals surface area contributed by atoms with Crippen LogP contribution in [0.5, 0.6) is 0 Å². The molecule has 0 aliphatic heterocycles. The molecule has 1 amide bonds. The van der Waals surface area contributed by atoms with Crippen LogP contribution in [0.25, 0.3) is 0 Å². The van der Waals surface area contributed by atoms with E-state index >= 15 is 0 Å². The summed E-state index contributed by atoms with van der Waals surface area (Å²) in [5, 5.41) is 12.5. The smallest absolute Gasteiger partial charge is 0.251 e. The van der Waals surface area contributed by atoms with Gasteiger partial charge in [-0.15, -0.1) is 10.2 Å². The summed E-state index contributed by atoms with van der Waals surface area (Å²) in [6.45, 7) is 3.95. The summed E-state index contributed by atoms with van der Waals surface area (Å²) in [6, 6.07) is 18.0. The van der Waals surface area contributed by atoms with Crippen molar-refractivity contribution >= 4 is 17.7 Å². The molecule has 0 radical (unpaired) electrons. The highest BCUT2D eigenvalue weighted by Gasteiger charge is 2.12. The summed E-state index contributed by atoms with van der Waals surface area (Å²) in [6.07, 6.45) is 0.773. The summed E-state index contributed by atoms with van der Waals surface area (Å²) in [5.74, 6) is 1.66. The molecule has 1 heterocycles. The number of methoxy groups -OCH3 is 1. The number of hydrogen-bond donors (Lipinski definition) is 1. The number of aromatic nitrogens is 3. The maximum Gasteiger partial charge on any atom is 0.251 e. The average Bonchev–Trinajstić information content (AvgIpc) is 3.14. The SMILES string of the molecule is CCn1c(Cc2ccccc2)nnc1SCc1ccc(C(=O)NCCOC)cc1. The van der Waals surface area contributed by atoms with Crippen LogP contribution in [0.4, 0.5) is 0 Å². The molecule has 1 aromatic heterocycles. The average molecular weight is 411 g/mol. The number of nitrogens with one attached hydrogen (secondary N) is 1. The first-order valence-corrected chi connectivity index (χ1v) is 10.6. The number of amides is 1. The Morgan fingerprint density at radius 2 is 1.83 bits per heavy atom. The van der Waals surface area contributed by atoms with E-state index < -0.39 is 0 Å². The summed E-state index contributed by atoms with van der Waals surface area (Å²) < 4.78 is 7.11. The number of thioether (sulfide) groups is 1. The summed E-state index contributed by atoms with van der Waals surface area (Å²) in [7, 11) is 1.61. The van der Waals surface area contributed by atoms with Gasteiger partial charge in [0.2, 0.25) is 0 Å². The van der Waals surface area contributed by atoms with E-state index in [9.17, 15) is 4.79 Å². The molecular weight excluding hydrogens is 384 g/mol. The molecule has 0 bridgehead atoms.